The SMILES string of the molecule is CNCC1CCN(C(=O)c2ccc(OC)c(S(=O)(=O)NC3CC3)c2)CC1. The van der Waals surface area contributed by atoms with Gasteiger partial charge in [-0.25, -0.2) is 13.1 Å². The van der Waals surface area contributed by atoms with Gasteiger partial charge in [-0.1, -0.05) is 0 Å². The molecular weight excluding hydrogens is 354 g/mol. The maximum Gasteiger partial charge on any atom is 0.253 e. The van der Waals surface area contributed by atoms with Crippen LogP contribution in [0, 0.1) is 5.92 Å². The van der Waals surface area contributed by atoms with Crippen molar-refractivity contribution in [1.82, 2.24) is 14.9 Å². The highest BCUT2D eigenvalue weighted by Gasteiger charge is 2.31. The number of ether oxygens (including phenoxy) is 1. The first kappa shape index (κ1) is 19.1. The average molecular weight is 381 g/mol. The second-order valence-corrected chi connectivity index (χ2v) is 8.74. The molecule has 2 fully saturated rings. The second kappa shape index (κ2) is 7.94. The maximum atomic E-state index is 12.8. The van der Waals surface area contributed by atoms with Gasteiger partial charge in [-0.15, -0.1) is 0 Å². The van der Waals surface area contributed by atoms with Gasteiger partial charge in [0, 0.05) is 24.7 Å². The van der Waals surface area contributed by atoms with E-state index in [-0.39, 0.29) is 22.6 Å². The molecule has 1 aliphatic heterocycles. The van der Waals surface area contributed by atoms with Crippen molar-refractivity contribution >= 4 is 15.9 Å². The lowest BCUT2D eigenvalue weighted by Gasteiger charge is -2.32. The molecule has 1 saturated heterocycles. The van der Waals surface area contributed by atoms with E-state index in [2.05, 4.69) is 10.0 Å². The van der Waals surface area contributed by atoms with Crippen LogP contribution < -0.4 is 14.8 Å². The fourth-order valence-corrected chi connectivity index (χ4v) is 4.82. The van der Waals surface area contributed by atoms with Crippen LogP contribution in [0.25, 0.3) is 0 Å². The largest absolute Gasteiger partial charge is 0.495 e. The number of carbonyl (C=O) groups is 1. The summed E-state index contributed by atoms with van der Waals surface area (Å²) < 4.78 is 33.1. The molecule has 1 aromatic rings. The smallest absolute Gasteiger partial charge is 0.253 e. The number of methoxy groups -OCH3 is 1. The van der Waals surface area contributed by atoms with Crippen LogP contribution in [0.15, 0.2) is 23.1 Å². The highest BCUT2D eigenvalue weighted by Crippen LogP contribution is 2.29. The van der Waals surface area contributed by atoms with Gasteiger partial charge in [0.25, 0.3) is 5.91 Å². The van der Waals surface area contributed by atoms with Crippen molar-refractivity contribution in [3.63, 3.8) is 0 Å². The van der Waals surface area contributed by atoms with Crippen molar-refractivity contribution < 1.29 is 17.9 Å². The van der Waals surface area contributed by atoms with E-state index in [1.54, 1.807) is 17.0 Å². The molecule has 1 aromatic carbocycles. The zero-order valence-corrected chi connectivity index (χ0v) is 16.1. The Hall–Kier alpha value is -1.64. The highest BCUT2D eigenvalue weighted by atomic mass is 32.2. The topological polar surface area (TPSA) is 87.7 Å². The first-order chi connectivity index (χ1) is 12.4. The second-order valence-electron chi connectivity index (χ2n) is 7.05. The van der Waals surface area contributed by atoms with Crippen molar-refractivity contribution in [2.24, 2.45) is 5.92 Å². The number of sulfonamides is 1. The van der Waals surface area contributed by atoms with Gasteiger partial charge in [-0.2, -0.15) is 0 Å². The minimum absolute atomic E-state index is 0.00438. The molecule has 1 aliphatic carbocycles. The van der Waals surface area contributed by atoms with Crippen LogP contribution in [0.1, 0.15) is 36.0 Å². The molecule has 2 aliphatic rings. The summed E-state index contributed by atoms with van der Waals surface area (Å²) in [7, 11) is -0.330. The van der Waals surface area contributed by atoms with Crippen molar-refractivity contribution in [2.75, 3.05) is 33.8 Å². The first-order valence-electron chi connectivity index (χ1n) is 9.09. The lowest BCUT2D eigenvalue weighted by atomic mass is 9.96. The Morgan fingerprint density at radius 2 is 1.92 bits per heavy atom. The Morgan fingerprint density at radius 1 is 1.23 bits per heavy atom. The summed E-state index contributed by atoms with van der Waals surface area (Å²) in [4.78, 5) is 14.7. The van der Waals surface area contributed by atoms with Gasteiger partial charge in [0.1, 0.15) is 10.6 Å². The number of hydrogen-bond acceptors (Lipinski definition) is 5. The molecule has 144 valence electrons. The molecule has 0 aromatic heterocycles. The summed E-state index contributed by atoms with van der Waals surface area (Å²) in [6, 6.07) is 4.63. The molecule has 8 heteroatoms. The zero-order valence-electron chi connectivity index (χ0n) is 15.3. The van der Waals surface area contributed by atoms with Gasteiger partial charge in [-0.05, 0) is 63.4 Å². The molecule has 1 heterocycles. The summed E-state index contributed by atoms with van der Waals surface area (Å²) in [5.41, 5.74) is 0.383. The number of rotatable bonds is 7. The maximum absolute atomic E-state index is 12.8. The van der Waals surface area contributed by atoms with Gasteiger partial charge < -0.3 is 15.0 Å². The quantitative estimate of drug-likeness (QED) is 0.741. The van der Waals surface area contributed by atoms with E-state index in [1.807, 2.05) is 7.05 Å². The van der Waals surface area contributed by atoms with Crippen LogP contribution in [0.4, 0.5) is 0 Å². The van der Waals surface area contributed by atoms with E-state index in [1.165, 1.54) is 13.2 Å². The van der Waals surface area contributed by atoms with Crippen molar-refractivity contribution in [2.45, 2.75) is 36.6 Å². The molecule has 2 N–H and O–H groups in total. The summed E-state index contributed by atoms with van der Waals surface area (Å²) >= 11 is 0. The van der Waals surface area contributed by atoms with Gasteiger partial charge >= 0.3 is 0 Å². The van der Waals surface area contributed by atoms with E-state index in [4.69, 9.17) is 4.74 Å². The molecule has 1 saturated carbocycles. The van der Waals surface area contributed by atoms with Crippen LogP contribution in [0.3, 0.4) is 0 Å². The van der Waals surface area contributed by atoms with Crippen LogP contribution in [-0.2, 0) is 10.0 Å². The Balaban J connectivity index is 1.78. The fourth-order valence-electron chi connectivity index (χ4n) is 3.32. The molecule has 0 bridgehead atoms. The van der Waals surface area contributed by atoms with E-state index in [0.717, 1.165) is 32.2 Å². The minimum Gasteiger partial charge on any atom is -0.495 e. The van der Waals surface area contributed by atoms with Gasteiger partial charge in [-0.3, -0.25) is 4.79 Å². The number of likely N-dealkylation sites (tertiary alicyclic amines) is 1. The molecule has 0 radical (unpaired) electrons. The Kier molecular flexibility index (Phi) is 5.84. The third-order valence-corrected chi connectivity index (χ3v) is 6.54. The third kappa shape index (κ3) is 4.36. The summed E-state index contributed by atoms with van der Waals surface area (Å²) in [6.45, 7) is 2.35. The third-order valence-electron chi connectivity index (χ3n) is 4.99. The number of nitrogens with zero attached hydrogens (tertiary/aromatic N) is 1. The zero-order chi connectivity index (χ0) is 18.7. The van der Waals surface area contributed by atoms with E-state index in [0.29, 0.717) is 24.6 Å². The lowest BCUT2D eigenvalue weighted by molar-refractivity contribution is 0.0690. The lowest BCUT2D eigenvalue weighted by Crippen LogP contribution is -2.40. The monoisotopic (exact) mass is 381 g/mol. The van der Waals surface area contributed by atoms with Crippen LogP contribution in [0.2, 0.25) is 0 Å². The van der Waals surface area contributed by atoms with E-state index >= 15 is 0 Å². The summed E-state index contributed by atoms with van der Waals surface area (Å²) in [5.74, 6) is 0.708. The number of hydrogen-bond donors (Lipinski definition) is 2. The Bertz CT molecular complexity index is 754. The average Bonchev–Trinajstić information content (AvgIpc) is 3.45. The molecule has 26 heavy (non-hydrogen) atoms. The van der Waals surface area contributed by atoms with Crippen LogP contribution >= 0.6 is 0 Å². The minimum atomic E-state index is -3.70. The molecule has 7 nitrogen and oxygen atoms in total. The van der Waals surface area contributed by atoms with Crippen LogP contribution in [-0.4, -0.2) is 59.1 Å². The van der Waals surface area contributed by atoms with Crippen molar-refractivity contribution in [3.8, 4) is 5.75 Å². The molecule has 0 spiro atoms. The molecule has 0 atom stereocenters. The first-order valence-corrected chi connectivity index (χ1v) is 10.6. The van der Waals surface area contributed by atoms with Gasteiger partial charge in [0.05, 0.1) is 7.11 Å². The van der Waals surface area contributed by atoms with Crippen molar-refractivity contribution in [3.05, 3.63) is 23.8 Å². The van der Waals surface area contributed by atoms with E-state index < -0.39 is 10.0 Å². The predicted octanol–water partition coefficient (Wildman–Crippen LogP) is 1.21. The Morgan fingerprint density at radius 3 is 2.50 bits per heavy atom. The highest BCUT2D eigenvalue weighted by molar-refractivity contribution is 7.89. The number of nitrogens with one attached hydrogen (secondary N) is 2. The standard InChI is InChI=1S/C18H27N3O4S/c1-19-12-13-7-9-21(10-8-13)18(22)14-3-6-16(25-2)17(11-14)26(23,24)20-15-4-5-15/h3,6,11,13,15,19-20H,4-5,7-10,12H2,1-2H3. The van der Waals surface area contributed by atoms with Crippen molar-refractivity contribution in [1.29, 1.82) is 0 Å². The summed E-state index contributed by atoms with van der Waals surface area (Å²) in [5, 5.41) is 3.18. The van der Waals surface area contributed by atoms with Gasteiger partial charge in [0.15, 0.2) is 0 Å². The molecule has 0 unspecified atom stereocenters. The predicted molar refractivity (Wildman–Crippen MR) is 98.9 cm³/mol. The number of amides is 1. The van der Waals surface area contributed by atoms with E-state index in [9.17, 15) is 13.2 Å². The Labute approximate surface area is 155 Å². The fraction of sp³-hybridized carbons (Fsp3) is 0.611. The van der Waals surface area contributed by atoms with Gasteiger partial charge in [0.2, 0.25) is 10.0 Å². The molecule has 1 amide bonds. The summed E-state index contributed by atoms with van der Waals surface area (Å²) in [6.07, 6.45) is 3.61. The number of carbonyl (C=O) groups excluding carboxylic acids is 1. The molecule has 3 rings (SSSR count). The molecular formula is C18H27N3O4S. The van der Waals surface area contributed by atoms with Crippen LogP contribution in [0.5, 0.6) is 5.75 Å². The number of piperidine rings is 1. The number of benzene rings is 1. The normalized spacial score (nSPS) is 18.8.